The monoisotopic (exact) mass is 299 g/mol. The van der Waals surface area contributed by atoms with Crippen molar-refractivity contribution < 1.29 is 19.4 Å². The molecule has 1 saturated carbocycles. The lowest BCUT2D eigenvalue weighted by Gasteiger charge is -2.35. The Hall–Kier alpha value is -1.34. The maximum atomic E-state index is 12.2. The van der Waals surface area contributed by atoms with Crippen molar-refractivity contribution in [3.8, 4) is 0 Å². The van der Waals surface area contributed by atoms with Crippen LogP contribution >= 0.6 is 0 Å². The van der Waals surface area contributed by atoms with Gasteiger partial charge in [-0.3, -0.25) is 9.69 Å². The molecule has 0 atom stereocenters. The van der Waals surface area contributed by atoms with Gasteiger partial charge in [-0.1, -0.05) is 0 Å². The highest BCUT2D eigenvalue weighted by Gasteiger charge is 2.24. The molecule has 0 unspecified atom stereocenters. The quantitative estimate of drug-likeness (QED) is 0.678. The standard InChI is InChI=1S/C14H25N3O4/c1-15(8-9-21-11-12-2-3-12)14(20)17-6-4-16(5-7-17)10-13(18)19/h12H,2-11H2,1H3,(H,18,19). The number of aliphatic carboxylic acids is 1. The van der Waals surface area contributed by atoms with Crippen LogP contribution in [0.15, 0.2) is 0 Å². The molecule has 7 heteroatoms. The molecule has 0 aromatic heterocycles. The number of likely N-dealkylation sites (N-methyl/N-ethyl adjacent to an activating group) is 1. The third-order valence-electron chi connectivity index (χ3n) is 3.95. The number of ether oxygens (including phenoxy) is 1. The Morgan fingerprint density at radius 1 is 1.24 bits per heavy atom. The van der Waals surface area contributed by atoms with Crippen LogP contribution in [-0.4, -0.2) is 91.3 Å². The fourth-order valence-electron chi connectivity index (χ4n) is 2.36. The molecular formula is C14H25N3O4. The third-order valence-corrected chi connectivity index (χ3v) is 3.95. The van der Waals surface area contributed by atoms with Gasteiger partial charge in [-0.15, -0.1) is 0 Å². The summed E-state index contributed by atoms with van der Waals surface area (Å²) in [5, 5.41) is 8.75. The second kappa shape index (κ2) is 7.61. The molecule has 7 nitrogen and oxygen atoms in total. The minimum absolute atomic E-state index is 0.00000283. The van der Waals surface area contributed by atoms with Crippen LogP contribution in [-0.2, 0) is 9.53 Å². The molecule has 0 spiro atoms. The Morgan fingerprint density at radius 3 is 2.48 bits per heavy atom. The predicted octanol–water partition coefficient (Wildman–Crippen LogP) is 0.167. The second-order valence-corrected chi connectivity index (χ2v) is 5.88. The molecule has 21 heavy (non-hydrogen) atoms. The first-order chi connectivity index (χ1) is 10.1. The molecule has 2 fully saturated rings. The zero-order valence-corrected chi connectivity index (χ0v) is 12.7. The van der Waals surface area contributed by atoms with Crippen LogP contribution in [0.2, 0.25) is 0 Å². The van der Waals surface area contributed by atoms with Gasteiger partial charge in [-0.2, -0.15) is 0 Å². The number of amides is 2. The number of piperazine rings is 1. The lowest BCUT2D eigenvalue weighted by atomic mass is 10.3. The SMILES string of the molecule is CN(CCOCC1CC1)C(=O)N1CCN(CC(=O)O)CC1. The van der Waals surface area contributed by atoms with E-state index in [1.807, 2.05) is 4.90 Å². The van der Waals surface area contributed by atoms with Crippen LogP contribution in [0.3, 0.4) is 0 Å². The Labute approximate surface area is 125 Å². The minimum Gasteiger partial charge on any atom is -0.480 e. The molecule has 1 aliphatic carbocycles. The molecule has 120 valence electrons. The Kier molecular flexibility index (Phi) is 5.81. The maximum Gasteiger partial charge on any atom is 0.319 e. The molecule has 1 N–H and O–H groups in total. The van der Waals surface area contributed by atoms with Crippen molar-refractivity contribution in [3.63, 3.8) is 0 Å². The van der Waals surface area contributed by atoms with Gasteiger partial charge in [0, 0.05) is 46.4 Å². The van der Waals surface area contributed by atoms with Crippen molar-refractivity contribution >= 4 is 12.0 Å². The van der Waals surface area contributed by atoms with E-state index in [2.05, 4.69) is 0 Å². The Balaban J connectivity index is 1.61. The molecule has 2 rings (SSSR count). The molecule has 0 bridgehead atoms. The van der Waals surface area contributed by atoms with E-state index in [4.69, 9.17) is 9.84 Å². The van der Waals surface area contributed by atoms with Gasteiger partial charge < -0.3 is 19.6 Å². The van der Waals surface area contributed by atoms with Crippen molar-refractivity contribution in [1.29, 1.82) is 0 Å². The number of hydrogen-bond acceptors (Lipinski definition) is 4. The highest BCUT2D eigenvalue weighted by molar-refractivity contribution is 5.74. The number of carbonyl (C=O) groups excluding carboxylic acids is 1. The van der Waals surface area contributed by atoms with Crippen molar-refractivity contribution in [2.45, 2.75) is 12.8 Å². The van der Waals surface area contributed by atoms with Crippen LogP contribution < -0.4 is 0 Å². The van der Waals surface area contributed by atoms with Crippen molar-refractivity contribution in [2.75, 3.05) is 59.5 Å². The first-order valence-electron chi connectivity index (χ1n) is 7.58. The van der Waals surface area contributed by atoms with Gasteiger partial charge >= 0.3 is 12.0 Å². The van der Waals surface area contributed by atoms with E-state index < -0.39 is 5.97 Å². The highest BCUT2D eigenvalue weighted by Crippen LogP contribution is 2.28. The molecule has 0 aromatic carbocycles. The van der Waals surface area contributed by atoms with E-state index in [1.165, 1.54) is 12.8 Å². The molecule has 0 radical (unpaired) electrons. The summed E-state index contributed by atoms with van der Waals surface area (Å²) in [5.74, 6) is -0.0759. The Bertz CT molecular complexity index is 365. The first kappa shape index (κ1) is 16.0. The van der Waals surface area contributed by atoms with Gasteiger partial charge in [0.2, 0.25) is 0 Å². The van der Waals surface area contributed by atoms with E-state index in [0.717, 1.165) is 12.5 Å². The summed E-state index contributed by atoms with van der Waals surface area (Å²) in [5.41, 5.74) is 0. The smallest absolute Gasteiger partial charge is 0.319 e. The van der Waals surface area contributed by atoms with E-state index in [9.17, 15) is 9.59 Å². The summed E-state index contributed by atoms with van der Waals surface area (Å²) in [6.07, 6.45) is 2.55. The van der Waals surface area contributed by atoms with E-state index in [1.54, 1.807) is 16.8 Å². The fraction of sp³-hybridized carbons (Fsp3) is 0.857. The summed E-state index contributed by atoms with van der Waals surface area (Å²) in [7, 11) is 1.78. The number of nitrogens with zero attached hydrogens (tertiary/aromatic N) is 3. The van der Waals surface area contributed by atoms with Crippen LogP contribution in [0.4, 0.5) is 4.79 Å². The van der Waals surface area contributed by atoms with Gasteiger partial charge in [0.25, 0.3) is 0 Å². The van der Waals surface area contributed by atoms with Crippen LogP contribution in [0.5, 0.6) is 0 Å². The van der Waals surface area contributed by atoms with Crippen molar-refractivity contribution in [2.24, 2.45) is 5.92 Å². The number of carboxylic acid groups (broad SMARTS) is 1. The zero-order chi connectivity index (χ0) is 15.2. The average molecular weight is 299 g/mol. The Morgan fingerprint density at radius 2 is 1.90 bits per heavy atom. The van der Waals surface area contributed by atoms with E-state index in [-0.39, 0.29) is 12.6 Å². The number of rotatable bonds is 7. The summed E-state index contributed by atoms with van der Waals surface area (Å²) in [6, 6.07) is -0.00000283. The van der Waals surface area contributed by atoms with Gasteiger partial charge in [0.05, 0.1) is 13.2 Å². The summed E-state index contributed by atoms with van der Waals surface area (Å²) in [6.45, 7) is 4.44. The fourth-order valence-corrected chi connectivity index (χ4v) is 2.36. The van der Waals surface area contributed by atoms with Crippen LogP contribution in [0, 0.1) is 5.92 Å². The first-order valence-corrected chi connectivity index (χ1v) is 7.58. The van der Waals surface area contributed by atoms with Gasteiger partial charge in [0.1, 0.15) is 0 Å². The molecule has 0 aromatic rings. The van der Waals surface area contributed by atoms with Gasteiger partial charge in [-0.05, 0) is 18.8 Å². The molecule has 1 aliphatic heterocycles. The third kappa shape index (κ3) is 5.51. The molecule has 1 saturated heterocycles. The van der Waals surface area contributed by atoms with Crippen molar-refractivity contribution in [1.82, 2.24) is 14.7 Å². The number of urea groups is 1. The lowest BCUT2D eigenvalue weighted by molar-refractivity contribution is -0.138. The second-order valence-electron chi connectivity index (χ2n) is 5.88. The van der Waals surface area contributed by atoms with E-state index in [0.29, 0.717) is 39.3 Å². The lowest BCUT2D eigenvalue weighted by Crippen LogP contribution is -2.53. The molecular weight excluding hydrogens is 274 g/mol. The van der Waals surface area contributed by atoms with Gasteiger partial charge in [-0.25, -0.2) is 4.79 Å². The zero-order valence-electron chi connectivity index (χ0n) is 12.7. The molecule has 2 amide bonds. The van der Waals surface area contributed by atoms with E-state index >= 15 is 0 Å². The number of carbonyl (C=O) groups is 2. The van der Waals surface area contributed by atoms with Crippen LogP contribution in [0.1, 0.15) is 12.8 Å². The predicted molar refractivity (Wildman–Crippen MR) is 77.2 cm³/mol. The average Bonchev–Trinajstić information content (AvgIpc) is 3.27. The highest BCUT2D eigenvalue weighted by atomic mass is 16.5. The van der Waals surface area contributed by atoms with Gasteiger partial charge in [0.15, 0.2) is 0 Å². The maximum absolute atomic E-state index is 12.2. The summed E-state index contributed by atoms with van der Waals surface area (Å²) in [4.78, 5) is 28.2. The topological polar surface area (TPSA) is 73.3 Å². The normalized spacial score (nSPS) is 19.6. The van der Waals surface area contributed by atoms with Crippen molar-refractivity contribution in [3.05, 3.63) is 0 Å². The number of carboxylic acids is 1. The summed E-state index contributed by atoms with van der Waals surface area (Å²) >= 11 is 0. The van der Waals surface area contributed by atoms with Crippen LogP contribution in [0.25, 0.3) is 0 Å². The largest absolute Gasteiger partial charge is 0.480 e. The summed E-state index contributed by atoms with van der Waals surface area (Å²) < 4.78 is 5.54. The molecule has 1 heterocycles. The number of hydrogen-bond donors (Lipinski definition) is 1. The molecule has 2 aliphatic rings. The minimum atomic E-state index is -0.820.